The van der Waals surface area contributed by atoms with Gasteiger partial charge in [0.05, 0.1) is 0 Å². The molecule has 90 valence electrons. The molecule has 0 saturated heterocycles. The predicted molar refractivity (Wildman–Crippen MR) is 70.6 cm³/mol. The van der Waals surface area contributed by atoms with Gasteiger partial charge in [-0.1, -0.05) is 20.8 Å². The maximum Gasteiger partial charge on any atom is 0.123 e. The smallest absolute Gasteiger partial charge is 0.123 e. The van der Waals surface area contributed by atoms with Crippen LogP contribution < -0.4 is 5.73 Å². The van der Waals surface area contributed by atoms with Crippen molar-refractivity contribution >= 4 is 16.3 Å². The molecule has 0 bridgehead atoms. The highest BCUT2D eigenvalue weighted by molar-refractivity contribution is 7.16. The Hall–Kier alpha value is -1.42. The lowest BCUT2D eigenvalue weighted by Crippen LogP contribution is -2.10. The van der Waals surface area contributed by atoms with E-state index in [0.29, 0.717) is 5.00 Å². The molecule has 17 heavy (non-hydrogen) atoms. The number of hydrogen-bond acceptors (Lipinski definition) is 3. The average Bonchev–Trinajstić information content (AvgIpc) is 2.61. The number of nitrogen functional groups attached to an aromatic ring is 1. The summed E-state index contributed by atoms with van der Waals surface area (Å²) in [5.41, 5.74) is 7.56. The third-order valence-corrected chi connectivity index (χ3v) is 3.72. The van der Waals surface area contributed by atoms with Crippen LogP contribution in [0, 0.1) is 5.82 Å². The molecule has 0 saturated carbocycles. The predicted octanol–water partition coefficient (Wildman–Crippen LogP) is 3.83. The van der Waals surface area contributed by atoms with Gasteiger partial charge in [0, 0.05) is 11.0 Å². The van der Waals surface area contributed by atoms with E-state index in [1.807, 2.05) is 0 Å². The van der Waals surface area contributed by atoms with E-state index in [1.54, 1.807) is 12.1 Å². The van der Waals surface area contributed by atoms with Crippen molar-refractivity contribution in [1.82, 2.24) is 4.98 Å². The molecule has 2 N–H and O–H groups in total. The molecule has 0 spiro atoms. The van der Waals surface area contributed by atoms with Gasteiger partial charge in [-0.15, -0.1) is 11.3 Å². The summed E-state index contributed by atoms with van der Waals surface area (Å²) in [7, 11) is 0. The SMILES string of the molecule is CC(C)(C)c1nc(-c2ccc(F)cc2)c(N)s1. The van der Waals surface area contributed by atoms with E-state index >= 15 is 0 Å². The molecular formula is C13H15FN2S. The second-order valence-corrected chi connectivity index (χ2v) is 6.02. The Kier molecular flexibility index (Phi) is 2.91. The standard InChI is InChI=1S/C13H15FN2S/c1-13(2,3)12-16-10(11(15)17-12)8-4-6-9(14)7-5-8/h4-7H,15H2,1-3H3. The van der Waals surface area contributed by atoms with Crippen LogP contribution in [0.1, 0.15) is 25.8 Å². The van der Waals surface area contributed by atoms with Crippen LogP contribution in [-0.2, 0) is 5.41 Å². The molecule has 2 aromatic rings. The summed E-state index contributed by atoms with van der Waals surface area (Å²) in [4.78, 5) is 4.55. The number of nitrogens with two attached hydrogens (primary N) is 1. The van der Waals surface area contributed by atoms with Gasteiger partial charge >= 0.3 is 0 Å². The zero-order valence-corrected chi connectivity index (χ0v) is 10.9. The molecule has 0 aliphatic rings. The second kappa shape index (κ2) is 4.11. The number of thiazole rings is 1. The molecule has 1 aromatic heterocycles. The number of halogens is 1. The third kappa shape index (κ3) is 2.47. The van der Waals surface area contributed by atoms with Crippen LogP contribution in [0.25, 0.3) is 11.3 Å². The Morgan fingerprint density at radius 3 is 2.24 bits per heavy atom. The average molecular weight is 250 g/mol. The lowest BCUT2D eigenvalue weighted by atomic mass is 9.98. The number of aromatic nitrogens is 1. The zero-order chi connectivity index (χ0) is 12.6. The summed E-state index contributed by atoms with van der Waals surface area (Å²) < 4.78 is 12.8. The minimum absolute atomic E-state index is 0.0168. The largest absolute Gasteiger partial charge is 0.389 e. The van der Waals surface area contributed by atoms with Gasteiger partial charge in [0.2, 0.25) is 0 Å². The molecule has 0 atom stereocenters. The zero-order valence-electron chi connectivity index (χ0n) is 10.1. The lowest BCUT2D eigenvalue weighted by molar-refractivity contribution is 0.586. The van der Waals surface area contributed by atoms with Gasteiger partial charge in [0.25, 0.3) is 0 Å². The van der Waals surface area contributed by atoms with Crippen molar-refractivity contribution in [3.8, 4) is 11.3 Å². The molecule has 0 aliphatic heterocycles. The summed E-state index contributed by atoms with van der Waals surface area (Å²) in [6, 6.07) is 6.25. The van der Waals surface area contributed by atoms with Crippen LogP contribution >= 0.6 is 11.3 Å². The lowest BCUT2D eigenvalue weighted by Gasteiger charge is -2.13. The molecule has 0 radical (unpaired) electrons. The molecule has 1 aromatic carbocycles. The van der Waals surface area contributed by atoms with E-state index in [1.165, 1.54) is 23.5 Å². The summed E-state index contributed by atoms with van der Waals surface area (Å²) in [6.07, 6.45) is 0. The number of hydrogen-bond donors (Lipinski definition) is 1. The van der Waals surface area contributed by atoms with E-state index in [2.05, 4.69) is 25.8 Å². The van der Waals surface area contributed by atoms with Crippen molar-refractivity contribution in [1.29, 1.82) is 0 Å². The van der Waals surface area contributed by atoms with Gasteiger partial charge in [-0.05, 0) is 24.3 Å². The first-order valence-electron chi connectivity index (χ1n) is 5.40. The Bertz CT molecular complexity index is 523. The van der Waals surface area contributed by atoms with Crippen LogP contribution in [-0.4, -0.2) is 4.98 Å². The first kappa shape index (κ1) is 12.0. The Labute approximate surface area is 104 Å². The Morgan fingerprint density at radius 2 is 1.76 bits per heavy atom. The summed E-state index contributed by atoms with van der Waals surface area (Å²) >= 11 is 1.49. The summed E-state index contributed by atoms with van der Waals surface area (Å²) in [5, 5.41) is 1.68. The van der Waals surface area contributed by atoms with Crippen molar-refractivity contribution < 1.29 is 4.39 Å². The van der Waals surface area contributed by atoms with E-state index in [0.717, 1.165) is 16.3 Å². The molecule has 0 unspecified atom stereocenters. The maximum atomic E-state index is 12.8. The Balaban J connectivity index is 2.46. The van der Waals surface area contributed by atoms with Gasteiger partial charge in [0.15, 0.2) is 0 Å². The first-order chi connectivity index (χ1) is 7.88. The van der Waals surface area contributed by atoms with Crippen molar-refractivity contribution in [2.24, 2.45) is 0 Å². The third-order valence-electron chi connectivity index (χ3n) is 2.41. The molecule has 4 heteroatoms. The molecule has 0 amide bonds. The maximum absolute atomic E-state index is 12.8. The van der Waals surface area contributed by atoms with Crippen LogP contribution in [0.5, 0.6) is 0 Å². The van der Waals surface area contributed by atoms with Gasteiger partial charge in [0.1, 0.15) is 21.5 Å². The Morgan fingerprint density at radius 1 is 1.18 bits per heavy atom. The minimum atomic E-state index is -0.251. The monoisotopic (exact) mass is 250 g/mol. The highest BCUT2D eigenvalue weighted by atomic mass is 32.1. The number of rotatable bonds is 1. The highest BCUT2D eigenvalue weighted by Crippen LogP contribution is 2.36. The molecule has 2 rings (SSSR count). The minimum Gasteiger partial charge on any atom is -0.389 e. The van der Waals surface area contributed by atoms with E-state index < -0.39 is 0 Å². The normalized spacial score (nSPS) is 11.8. The van der Waals surface area contributed by atoms with Crippen LogP contribution in [0.15, 0.2) is 24.3 Å². The topological polar surface area (TPSA) is 38.9 Å². The van der Waals surface area contributed by atoms with Crippen molar-refractivity contribution in [2.45, 2.75) is 26.2 Å². The fourth-order valence-corrected chi connectivity index (χ4v) is 2.38. The van der Waals surface area contributed by atoms with Crippen LogP contribution in [0.3, 0.4) is 0 Å². The highest BCUT2D eigenvalue weighted by Gasteiger charge is 2.21. The number of nitrogens with zero attached hydrogens (tertiary/aromatic N) is 1. The second-order valence-electron chi connectivity index (χ2n) is 4.99. The van der Waals surface area contributed by atoms with Crippen molar-refractivity contribution in [2.75, 3.05) is 5.73 Å². The summed E-state index contributed by atoms with van der Waals surface area (Å²) in [6.45, 7) is 6.29. The van der Waals surface area contributed by atoms with E-state index in [4.69, 9.17) is 5.73 Å². The molecule has 2 nitrogen and oxygen atoms in total. The fourth-order valence-electron chi connectivity index (χ4n) is 1.47. The molecule has 0 fully saturated rings. The van der Waals surface area contributed by atoms with Gasteiger partial charge < -0.3 is 5.73 Å². The van der Waals surface area contributed by atoms with Gasteiger partial charge in [-0.25, -0.2) is 9.37 Å². The van der Waals surface area contributed by atoms with Crippen molar-refractivity contribution in [3.05, 3.63) is 35.1 Å². The number of anilines is 1. The van der Waals surface area contributed by atoms with Crippen LogP contribution in [0.4, 0.5) is 9.39 Å². The van der Waals surface area contributed by atoms with Crippen LogP contribution in [0.2, 0.25) is 0 Å². The van der Waals surface area contributed by atoms with E-state index in [-0.39, 0.29) is 11.2 Å². The van der Waals surface area contributed by atoms with Gasteiger partial charge in [-0.2, -0.15) is 0 Å². The molecule has 1 heterocycles. The molecule has 0 aliphatic carbocycles. The molecular weight excluding hydrogens is 235 g/mol. The van der Waals surface area contributed by atoms with E-state index in [9.17, 15) is 4.39 Å². The van der Waals surface area contributed by atoms with Crippen molar-refractivity contribution in [3.63, 3.8) is 0 Å². The quantitative estimate of drug-likeness (QED) is 0.835. The number of benzene rings is 1. The first-order valence-corrected chi connectivity index (χ1v) is 6.22. The summed E-state index contributed by atoms with van der Waals surface area (Å²) in [5.74, 6) is -0.251. The fraction of sp³-hybridized carbons (Fsp3) is 0.308. The van der Waals surface area contributed by atoms with Gasteiger partial charge in [-0.3, -0.25) is 0 Å².